The van der Waals surface area contributed by atoms with E-state index in [-0.39, 0.29) is 30.6 Å². The first-order valence-electron chi connectivity index (χ1n) is 13.9. The van der Waals surface area contributed by atoms with Crippen LogP contribution in [-0.2, 0) is 0 Å². The number of rotatable bonds is 6. The third-order valence-electron chi connectivity index (χ3n) is 8.20. The van der Waals surface area contributed by atoms with Gasteiger partial charge >= 0.3 is 6.03 Å². The number of carbonyl (C=O) groups excluding carboxylic acids is 1. The first-order valence-corrected chi connectivity index (χ1v) is 13.9. The fourth-order valence-corrected chi connectivity index (χ4v) is 6.08. The maximum absolute atomic E-state index is 13.3. The Hall–Kier alpha value is -4.14. The Morgan fingerprint density at radius 3 is 2.45 bits per heavy atom. The maximum atomic E-state index is 13.3. The van der Waals surface area contributed by atoms with Crippen LogP contribution in [0.3, 0.4) is 0 Å². The van der Waals surface area contributed by atoms with Crippen molar-refractivity contribution in [3.63, 3.8) is 0 Å². The highest BCUT2D eigenvalue weighted by Gasteiger charge is 2.49. The molecule has 8 heteroatoms. The SMILES string of the molecule is COc1ccc(NC(=O)N2CCCCN3C(CO)C(c4ccc(-c5ccn(-c6ccccc6)n5)cc4)C3C2)cc1. The van der Waals surface area contributed by atoms with Gasteiger partial charge in [-0.05, 0) is 67.4 Å². The van der Waals surface area contributed by atoms with Crippen LogP contribution in [0.1, 0.15) is 24.3 Å². The molecule has 0 saturated carbocycles. The Kier molecular flexibility index (Phi) is 7.53. The molecular formula is C32H35N5O3. The number of ether oxygens (including phenoxy) is 1. The summed E-state index contributed by atoms with van der Waals surface area (Å²) in [5, 5.41) is 18.1. The van der Waals surface area contributed by atoms with Crippen LogP contribution in [0.5, 0.6) is 5.75 Å². The lowest BCUT2D eigenvalue weighted by atomic mass is 9.74. The molecule has 2 amide bonds. The van der Waals surface area contributed by atoms with E-state index < -0.39 is 0 Å². The Morgan fingerprint density at radius 1 is 0.975 bits per heavy atom. The number of aliphatic hydroxyl groups is 1. The smallest absolute Gasteiger partial charge is 0.321 e. The van der Waals surface area contributed by atoms with Crippen LogP contribution in [0.25, 0.3) is 16.9 Å². The maximum Gasteiger partial charge on any atom is 0.321 e. The first kappa shape index (κ1) is 26.1. The topological polar surface area (TPSA) is 82.9 Å². The van der Waals surface area contributed by atoms with Gasteiger partial charge in [0.1, 0.15) is 5.75 Å². The molecule has 3 unspecified atom stereocenters. The van der Waals surface area contributed by atoms with Crippen molar-refractivity contribution in [2.75, 3.05) is 38.7 Å². The van der Waals surface area contributed by atoms with E-state index in [1.807, 2.05) is 76.4 Å². The molecule has 6 rings (SSSR count). The highest BCUT2D eigenvalue weighted by atomic mass is 16.5. The summed E-state index contributed by atoms with van der Waals surface area (Å²) in [7, 11) is 1.63. The largest absolute Gasteiger partial charge is 0.497 e. The lowest BCUT2D eigenvalue weighted by molar-refractivity contribution is -0.0585. The van der Waals surface area contributed by atoms with E-state index in [0.29, 0.717) is 13.1 Å². The van der Waals surface area contributed by atoms with E-state index in [2.05, 4.69) is 34.5 Å². The molecule has 2 aliphatic heterocycles. The van der Waals surface area contributed by atoms with Gasteiger partial charge in [0.05, 0.1) is 25.1 Å². The van der Waals surface area contributed by atoms with Gasteiger partial charge in [-0.15, -0.1) is 0 Å². The van der Waals surface area contributed by atoms with Crippen molar-refractivity contribution in [3.8, 4) is 22.7 Å². The van der Waals surface area contributed by atoms with Crippen LogP contribution >= 0.6 is 0 Å². The van der Waals surface area contributed by atoms with Crippen LogP contribution in [0, 0.1) is 0 Å². The standard InChI is InChI=1S/C32H35N5O3/c1-40-27-15-13-25(14-16-27)33-32(39)35-18-5-6-19-36-29(21-35)31(30(36)22-38)24-11-9-23(10-12-24)28-17-20-37(34-28)26-7-3-2-4-8-26/h2-4,7-17,20,29-31,38H,5-6,18-19,21-22H2,1H3,(H,33,39). The van der Waals surface area contributed by atoms with Gasteiger partial charge in [0.15, 0.2) is 0 Å². The van der Waals surface area contributed by atoms with Crippen LogP contribution in [0.4, 0.5) is 10.5 Å². The van der Waals surface area contributed by atoms with Gasteiger partial charge in [-0.3, -0.25) is 4.90 Å². The van der Waals surface area contributed by atoms with Crippen molar-refractivity contribution in [2.24, 2.45) is 0 Å². The van der Waals surface area contributed by atoms with Gasteiger partial charge in [-0.1, -0.05) is 42.5 Å². The Morgan fingerprint density at radius 2 is 1.73 bits per heavy atom. The monoisotopic (exact) mass is 537 g/mol. The molecule has 3 aromatic carbocycles. The average molecular weight is 538 g/mol. The first-order chi connectivity index (χ1) is 19.6. The Bertz CT molecular complexity index is 1420. The number of methoxy groups -OCH3 is 1. The van der Waals surface area contributed by atoms with E-state index in [0.717, 1.165) is 47.8 Å². The average Bonchev–Trinajstić information content (AvgIpc) is 3.48. The lowest BCUT2D eigenvalue weighted by Gasteiger charge is -2.57. The second kappa shape index (κ2) is 11.5. The minimum absolute atomic E-state index is 0.0535. The molecule has 40 heavy (non-hydrogen) atoms. The predicted octanol–water partition coefficient (Wildman–Crippen LogP) is 5.00. The fourth-order valence-electron chi connectivity index (χ4n) is 6.08. The predicted molar refractivity (Wildman–Crippen MR) is 156 cm³/mol. The normalized spacial score (nSPS) is 21.1. The summed E-state index contributed by atoms with van der Waals surface area (Å²) in [6.45, 7) is 2.37. The van der Waals surface area contributed by atoms with Crippen molar-refractivity contribution < 1.29 is 14.6 Å². The molecule has 2 fully saturated rings. The van der Waals surface area contributed by atoms with Crippen LogP contribution in [0.2, 0.25) is 0 Å². The number of carbonyl (C=O) groups is 1. The number of aromatic nitrogens is 2. The number of hydrogen-bond acceptors (Lipinski definition) is 5. The van der Waals surface area contributed by atoms with E-state index >= 15 is 0 Å². The quantitative estimate of drug-likeness (QED) is 0.362. The number of anilines is 1. The number of nitrogens with zero attached hydrogens (tertiary/aromatic N) is 4. The molecule has 4 aromatic rings. The summed E-state index contributed by atoms with van der Waals surface area (Å²) in [5.74, 6) is 0.901. The summed E-state index contributed by atoms with van der Waals surface area (Å²) >= 11 is 0. The number of aliphatic hydroxyl groups excluding tert-OH is 1. The zero-order valence-electron chi connectivity index (χ0n) is 22.7. The second-order valence-electron chi connectivity index (χ2n) is 10.5. The summed E-state index contributed by atoms with van der Waals surface area (Å²) in [6, 6.07) is 28.1. The molecule has 2 saturated heterocycles. The van der Waals surface area contributed by atoms with E-state index in [4.69, 9.17) is 9.84 Å². The minimum atomic E-state index is -0.0948. The van der Waals surface area contributed by atoms with Crippen molar-refractivity contribution in [1.29, 1.82) is 0 Å². The van der Waals surface area contributed by atoms with Gasteiger partial charge in [0.2, 0.25) is 0 Å². The molecule has 3 atom stereocenters. The Labute approximate surface area is 234 Å². The van der Waals surface area contributed by atoms with Crippen LogP contribution in [-0.4, -0.2) is 76.2 Å². The summed E-state index contributed by atoms with van der Waals surface area (Å²) < 4.78 is 7.11. The molecule has 0 bridgehead atoms. The van der Waals surface area contributed by atoms with Crippen molar-refractivity contribution in [1.82, 2.24) is 19.6 Å². The van der Waals surface area contributed by atoms with Crippen LogP contribution < -0.4 is 10.1 Å². The molecule has 0 spiro atoms. The van der Waals surface area contributed by atoms with Gasteiger partial charge in [0.25, 0.3) is 0 Å². The molecule has 8 nitrogen and oxygen atoms in total. The third kappa shape index (κ3) is 5.20. The Balaban J connectivity index is 1.18. The number of urea groups is 1. The lowest BCUT2D eigenvalue weighted by Crippen LogP contribution is -2.68. The summed E-state index contributed by atoms with van der Waals surface area (Å²) in [5.41, 5.74) is 4.91. The fraction of sp³-hybridized carbons (Fsp3) is 0.312. The summed E-state index contributed by atoms with van der Waals surface area (Å²) in [4.78, 5) is 17.6. The van der Waals surface area contributed by atoms with Gasteiger partial charge in [-0.25, -0.2) is 9.48 Å². The van der Waals surface area contributed by atoms with Crippen LogP contribution in [0.15, 0.2) is 91.1 Å². The molecule has 2 N–H and O–H groups in total. The van der Waals surface area contributed by atoms with Crippen molar-refractivity contribution >= 4 is 11.7 Å². The van der Waals surface area contributed by atoms with E-state index in [9.17, 15) is 9.90 Å². The number of fused-ring (bicyclic) bond motifs is 1. The molecule has 206 valence electrons. The third-order valence-corrected chi connectivity index (χ3v) is 8.20. The zero-order chi connectivity index (χ0) is 27.5. The number of hydrogen-bond donors (Lipinski definition) is 2. The highest BCUT2D eigenvalue weighted by molar-refractivity contribution is 5.89. The minimum Gasteiger partial charge on any atom is -0.497 e. The molecule has 0 radical (unpaired) electrons. The van der Waals surface area contributed by atoms with Crippen molar-refractivity contribution in [2.45, 2.75) is 30.8 Å². The van der Waals surface area contributed by atoms with Gasteiger partial charge in [-0.2, -0.15) is 5.10 Å². The van der Waals surface area contributed by atoms with Gasteiger partial charge in [0, 0.05) is 48.5 Å². The van der Waals surface area contributed by atoms with Gasteiger partial charge < -0.3 is 20.1 Å². The number of para-hydroxylation sites is 1. The molecule has 1 aromatic heterocycles. The van der Waals surface area contributed by atoms with Crippen molar-refractivity contribution in [3.05, 3.63) is 96.7 Å². The molecular weight excluding hydrogens is 502 g/mol. The number of benzene rings is 3. The number of nitrogens with one attached hydrogen (secondary N) is 1. The molecule has 3 heterocycles. The number of amides is 2. The molecule has 2 aliphatic rings. The van der Waals surface area contributed by atoms with E-state index in [1.165, 1.54) is 5.56 Å². The highest BCUT2D eigenvalue weighted by Crippen LogP contribution is 2.42. The van der Waals surface area contributed by atoms with E-state index in [1.54, 1.807) is 7.11 Å². The second-order valence-corrected chi connectivity index (χ2v) is 10.5. The molecule has 0 aliphatic carbocycles. The summed E-state index contributed by atoms with van der Waals surface area (Å²) in [6.07, 6.45) is 3.91. The zero-order valence-corrected chi connectivity index (χ0v) is 22.7.